The van der Waals surface area contributed by atoms with E-state index in [1.54, 1.807) is 22.8 Å². The topological polar surface area (TPSA) is 92.7 Å². The number of nitrogens with zero attached hydrogens (tertiary/aromatic N) is 3. The van der Waals surface area contributed by atoms with Gasteiger partial charge in [-0.2, -0.15) is 5.10 Å². The maximum absolute atomic E-state index is 12.6. The quantitative estimate of drug-likeness (QED) is 0.664. The summed E-state index contributed by atoms with van der Waals surface area (Å²) in [6.07, 6.45) is 1.59. The van der Waals surface area contributed by atoms with Crippen LogP contribution in [0.4, 0.5) is 5.69 Å². The fourth-order valence-electron chi connectivity index (χ4n) is 2.71. The summed E-state index contributed by atoms with van der Waals surface area (Å²) in [5.41, 5.74) is 0.751. The van der Waals surface area contributed by atoms with E-state index >= 15 is 0 Å². The lowest BCUT2D eigenvalue weighted by Crippen LogP contribution is -2.27. The number of hydrogen-bond acceptors (Lipinski definition) is 5. The van der Waals surface area contributed by atoms with Gasteiger partial charge in [-0.3, -0.25) is 19.3 Å². The predicted molar refractivity (Wildman–Crippen MR) is 97.6 cm³/mol. The van der Waals surface area contributed by atoms with Crippen molar-refractivity contribution >= 4 is 57.6 Å². The Morgan fingerprint density at radius 1 is 1.44 bits per heavy atom. The van der Waals surface area contributed by atoms with Crippen molar-refractivity contribution in [3.63, 3.8) is 0 Å². The normalized spacial score (nSPS) is 16.2. The molecule has 4 rings (SSSR count). The van der Waals surface area contributed by atoms with Gasteiger partial charge in [0.25, 0.3) is 5.56 Å². The standard InChI is InChI=1S/C15H11Cl2N5O2S/c16-7-1-2-11(10(17)3-7)19-12(23)4-8-6-25-15-20-13-9(5-18-21-13)14(24)22(8)15/h1-3,5,8H,4,6H2,(H,18,21)(H,19,23). The van der Waals surface area contributed by atoms with E-state index in [4.69, 9.17) is 23.2 Å². The largest absolute Gasteiger partial charge is 0.325 e. The van der Waals surface area contributed by atoms with E-state index in [2.05, 4.69) is 20.5 Å². The summed E-state index contributed by atoms with van der Waals surface area (Å²) >= 11 is 13.4. The summed E-state index contributed by atoms with van der Waals surface area (Å²) < 4.78 is 1.56. The molecule has 1 unspecified atom stereocenters. The molecule has 3 heterocycles. The van der Waals surface area contributed by atoms with Crippen molar-refractivity contribution in [2.75, 3.05) is 11.1 Å². The Morgan fingerprint density at radius 2 is 2.28 bits per heavy atom. The van der Waals surface area contributed by atoms with E-state index in [-0.39, 0.29) is 23.9 Å². The molecule has 1 atom stereocenters. The highest BCUT2D eigenvalue weighted by atomic mass is 35.5. The van der Waals surface area contributed by atoms with Crippen LogP contribution in [-0.4, -0.2) is 31.4 Å². The lowest BCUT2D eigenvalue weighted by Gasteiger charge is -2.13. The predicted octanol–water partition coefficient (Wildman–Crippen LogP) is 3.10. The van der Waals surface area contributed by atoms with Crippen molar-refractivity contribution < 1.29 is 4.79 Å². The minimum absolute atomic E-state index is 0.143. The second-order valence-corrected chi connectivity index (χ2v) is 7.37. The summed E-state index contributed by atoms with van der Waals surface area (Å²) in [5, 5.41) is 11.2. The minimum Gasteiger partial charge on any atom is -0.325 e. The van der Waals surface area contributed by atoms with E-state index < -0.39 is 0 Å². The van der Waals surface area contributed by atoms with Crippen molar-refractivity contribution in [1.82, 2.24) is 19.7 Å². The summed E-state index contributed by atoms with van der Waals surface area (Å²) in [6.45, 7) is 0. The average Bonchev–Trinajstić information content (AvgIpc) is 3.18. The van der Waals surface area contributed by atoms with Crippen LogP contribution in [0.15, 0.2) is 34.3 Å². The molecular weight excluding hydrogens is 385 g/mol. The molecule has 0 fully saturated rings. The summed E-state index contributed by atoms with van der Waals surface area (Å²) in [5.74, 6) is 0.367. The van der Waals surface area contributed by atoms with Crippen LogP contribution in [0.3, 0.4) is 0 Å². The molecule has 7 nitrogen and oxygen atoms in total. The molecule has 10 heteroatoms. The van der Waals surface area contributed by atoms with Crippen LogP contribution in [0.5, 0.6) is 0 Å². The Hall–Kier alpha value is -2.03. The van der Waals surface area contributed by atoms with Crippen molar-refractivity contribution in [3.05, 3.63) is 44.8 Å². The SMILES string of the molecule is O=C(CC1CSc2nc3[nH]ncc3c(=O)n21)Nc1ccc(Cl)cc1Cl. The molecule has 25 heavy (non-hydrogen) atoms. The third-order valence-electron chi connectivity index (χ3n) is 3.88. The Bertz CT molecular complexity index is 1050. The van der Waals surface area contributed by atoms with Crippen molar-refractivity contribution in [2.45, 2.75) is 17.6 Å². The van der Waals surface area contributed by atoms with Crippen molar-refractivity contribution in [3.8, 4) is 0 Å². The molecule has 1 aromatic carbocycles. The molecule has 0 aliphatic carbocycles. The number of fused-ring (bicyclic) bond motifs is 2. The molecule has 1 aliphatic rings. The Kier molecular flexibility index (Phi) is 4.18. The lowest BCUT2D eigenvalue weighted by atomic mass is 10.2. The van der Waals surface area contributed by atoms with E-state index in [9.17, 15) is 9.59 Å². The van der Waals surface area contributed by atoms with E-state index in [0.717, 1.165) is 0 Å². The molecule has 0 bridgehead atoms. The molecule has 0 saturated heterocycles. The number of thioether (sulfide) groups is 1. The molecule has 2 aromatic heterocycles. The number of carbonyl (C=O) groups excluding carboxylic acids is 1. The number of nitrogens with one attached hydrogen (secondary N) is 2. The highest BCUT2D eigenvalue weighted by Gasteiger charge is 2.29. The molecule has 3 aromatic rings. The van der Waals surface area contributed by atoms with Crippen LogP contribution in [0.2, 0.25) is 10.0 Å². The zero-order valence-corrected chi connectivity index (χ0v) is 15.0. The van der Waals surface area contributed by atoms with Gasteiger partial charge in [-0.1, -0.05) is 35.0 Å². The van der Waals surface area contributed by atoms with Crippen LogP contribution >= 0.6 is 35.0 Å². The number of halogens is 2. The zero-order valence-electron chi connectivity index (χ0n) is 12.6. The van der Waals surface area contributed by atoms with Crippen LogP contribution < -0.4 is 10.9 Å². The second-order valence-electron chi connectivity index (χ2n) is 5.54. The van der Waals surface area contributed by atoms with Crippen LogP contribution in [-0.2, 0) is 4.79 Å². The molecule has 0 radical (unpaired) electrons. The highest BCUT2D eigenvalue weighted by Crippen LogP contribution is 2.33. The van der Waals surface area contributed by atoms with Gasteiger partial charge in [-0.25, -0.2) is 4.98 Å². The number of carbonyl (C=O) groups is 1. The van der Waals surface area contributed by atoms with Gasteiger partial charge in [0.05, 0.1) is 22.9 Å². The van der Waals surface area contributed by atoms with E-state index in [1.165, 1.54) is 18.0 Å². The average molecular weight is 396 g/mol. The molecule has 1 aliphatic heterocycles. The van der Waals surface area contributed by atoms with E-state index in [0.29, 0.717) is 37.7 Å². The number of H-pyrrole nitrogens is 1. The molecular formula is C15H11Cl2N5O2S. The summed E-state index contributed by atoms with van der Waals surface area (Å²) in [4.78, 5) is 29.4. The first kappa shape index (κ1) is 16.4. The fourth-order valence-corrected chi connectivity index (χ4v) is 4.30. The molecule has 1 amide bonds. The maximum Gasteiger partial charge on any atom is 0.265 e. The van der Waals surface area contributed by atoms with Gasteiger partial charge in [0.2, 0.25) is 5.91 Å². The Morgan fingerprint density at radius 3 is 3.08 bits per heavy atom. The van der Waals surface area contributed by atoms with Crippen LogP contribution in [0.25, 0.3) is 11.0 Å². The number of benzene rings is 1. The number of amides is 1. The number of aromatic nitrogens is 4. The van der Waals surface area contributed by atoms with Crippen LogP contribution in [0, 0.1) is 0 Å². The van der Waals surface area contributed by atoms with Gasteiger partial charge in [0.15, 0.2) is 10.8 Å². The monoisotopic (exact) mass is 395 g/mol. The maximum atomic E-state index is 12.6. The van der Waals surface area contributed by atoms with Gasteiger partial charge >= 0.3 is 0 Å². The number of aromatic amines is 1. The third-order valence-corrected chi connectivity index (χ3v) is 5.52. The number of anilines is 1. The first-order valence-corrected chi connectivity index (χ1v) is 9.10. The fraction of sp³-hybridized carbons (Fsp3) is 0.200. The van der Waals surface area contributed by atoms with Gasteiger partial charge in [0, 0.05) is 17.2 Å². The highest BCUT2D eigenvalue weighted by molar-refractivity contribution is 7.99. The van der Waals surface area contributed by atoms with Gasteiger partial charge in [-0.15, -0.1) is 0 Å². The summed E-state index contributed by atoms with van der Waals surface area (Å²) in [6, 6.07) is 4.57. The molecule has 0 spiro atoms. The first-order chi connectivity index (χ1) is 12.0. The van der Waals surface area contributed by atoms with Crippen molar-refractivity contribution in [1.29, 1.82) is 0 Å². The summed E-state index contributed by atoms with van der Waals surface area (Å²) in [7, 11) is 0. The number of rotatable bonds is 3. The third kappa shape index (κ3) is 3.01. The molecule has 128 valence electrons. The molecule has 2 N–H and O–H groups in total. The Labute approximate surface area is 155 Å². The first-order valence-electron chi connectivity index (χ1n) is 7.36. The van der Waals surface area contributed by atoms with Gasteiger partial charge in [-0.05, 0) is 18.2 Å². The number of hydrogen-bond donors (Lipinski definition) is 2. The van der Waals surface area contributed by atoms with Gasteiger partial charge in [0.1, 0.15) is 5.39 Å². The van der Waals surface area contributed by atoms with Crippen molar-refractivity contribution in [2.24, 2.45) is 0 Å². The lowest BCUT2D eigenvalue weighted by molar-refractivity contribution is -0.116. The molecule has 0 saturated carbocycles. The zero-order chi connectivity index (χ0) is 17.6. The smallest absolute Gasteiger partial charge is 0.265 e. The Balaban J connectivity index is 1.57. The minimum atomic E-state index is -0.273. The van der Waals surface area contributed by atoms with Gasteiger partial charge < -0.3 is 5.32 Å². The van der Waals surface area contributed by atoms with Crippen LogP contribution in [0.1, 0.15) is 12.5 Å². The second kappa shape index (κ2) is 6.36. The van der Waals surface area contributed by atoms with E-state index in [1.807, 2.05) is 0 Å².